The van der Waals surface area contributed by atoms with Crippen molar-refractivity contribution >= 4 is 5.91 Å². The van der Waals surface area contributed by atoms with Crippen LogP contribution in [0, 0.1) is 0 Å². The Morgan fingerprint density at radius 2 is 2.17 bits per heavy atom. The molecule has 0 bridgehead atoms. The van der Waals surface area contributed by atoms with Gasteiger partial charge in [0.2, 0.25) is 5.91 Å². The third-order valence-corrected chi connectivity index (χ3v) is 3.69. The number of carbonyl (C=O) groups is 1. The highest BCUT2D eigenvalue weighted by molar-refractivity contribution is 5.75. The molecular formula is C17H21N3O3. The molecule has 1 aromatic carbocycles. The Bertz CT molecular complexity index is 642. The molecule has 0 radical (unpaired) electrons. The first-order valence-electron chi connectivity index (χ1n) is 7.90. The standard InChI is InChI=1S/C17H21N3O3/c1-2-9-19(17(21)12-20-10-5-8-18-20)11-14-13-22-15-6-3-4-7-16(15)23-14/h3-8,10,14H,2,9,11-13H2,1H3/t14-/m0/s1. The van der Waals surface area contributed by atoms with E-state index >= 15 is 0 Å². The highest BCUT2D eigenvalue weighted by Gasteiger charge is 2.25. The number of rotatable bonds is 6. The Hall–Kier alpha value is -2.50. The normalized spacial score (nSPS) is 16.1. The lowest BCUT2D eigenvalue weighted by atomic mass is 10.2. The second kappa shape index (κ2) is 7.17. The molecule has 23 heavy (non-hydrogen) atoms. The second-order valence-corrected chi connectivity index (χ2v) is 5.54. The van der Waals surface area contributed by atoms with Crippen molar-refractivity contribution in [3.8, 4) is 11.5 Å². The molecule has 0 aliphatic carbocycles. The van der Waals surface area contributed by atoms with E-state index in [9.17, 15) is 4.79 Å². The summed E-state index contributed by atoms with van der Waals surface area (Å²) in [6.45, 7) is 3.97. The van der Waals surface area contributed by atoms with Gasteiger partial charge in [-0.2, -0.15) is 5.10 Å². The number of para-hydroxylation sites is 2. The minimum absolute atomic E-state index is 0.0398. The molecule has 0 fully saturated rings. The van der Waals surface area contributed by atoms with Crippen molar-refractivity contribution in [1.29, 1.82) is 0 Å². The van der Waals surface area contributed by atoms with Crippen molar-refractivity contribution in [2.75, 3.05) is 19.7 Å². The molecule has 1 aliphatic heterocycles. The minimum Gasteiger partial charge on any atom is -0.486 e. The van der Waals surface area contributed by atoms with E-state index in [4.69, 9.17) is 9.47 Å². The topological polar surface area (TPSA) is 56.6 Å². The van der Waals surface area contributed by atoms with E-state index in [-0.39, 0.29) is 18.6 Å². The molecule has 3 rings (SSSR count). The summed E-state index contributed by atoms with van der Waals surface area (Å²) in [4.78, 5) is 14.3. The average Bonchev–Trinajstić information content (AvgIpc) is 3.07. The molecule has 0 saturated carbocycles. The minimum atomic E-state index is -0.155. The Kier molecular flexibility index (Phi) is 4.80. The summed E-state index contributed by atoms with van der Waals surface area (Å²) in [6, 6.07) is 9.42. The summed E-state index contributed by atoms with van der Waals surface area (Å²) < 4.78 is 13.3. The molecule has 1 atom stereocenters. The zero-order chi connectivity index (χ0) is 16.1. The molecule has 0 saturated heterocycles. The average molecular weight is 315 g/mol. The number of hydrogen-bond acceptors (Lipinski definition) is 4. The summed E-state index contributed by atoms with van der Waals surface area (Å²) in [6.07, 6.45) is 4.21. The number of fused-ring (bicyclic) bond motifs is 1. The van der Waals surface area contributed by atoms with Gasteiger partial charge in [0.15, 0.2) is 17.6 Å². The first kappa shape index (κ1) is 15.4. The zero-order valence-electron chi connectivity index (χ0n) is 13.2. The van der Waals surface area contributed by atoms with Crippen LogP contribution < -0.4 is 9.47 Å². The van der Waals surface area contributed by atoms with Crippen molar-refractivity contribution in [3.63, 3.8) is 0 Å². The highest BCUT2D eigenvalue weighted by Crippen LogP contribution is 2.31. The lowest BCUT2D eigenvalue weighted by Gasteiger charge is -2.31. The van der Waals surface area contributed by atoms with Crippen molar-refractivity contribution in [2.45, 2.75) is 26.0 Å². The van der Waals surface area contributed by atoms with Crippen LogP contribution in [0.4, 0.5) is 0 Å². The molecule has 6 nitrogen and oxygen atoms in total. The van der Waals surface area contributed by atoms with Gasteiger partial charge in [-0.3, -0.25) is 9.48 Å². The molecular weight excluding hydrogens is 294 g/mol. The van der Waals surface area contributed by atoms with Crippen LogP contribution in [0.15, 0.2) is 42.7 Å². The fourth-order valence-corrected chi connectivity index (χ4v) is 2.62. The van der Waals surface area contributed by atoms with Gasteiger partial charge in [-0.1, -0.05) is 19.1 Å². The van der Waals surface area contributed by atoms with Crippen molar-refractivity contribution in [1.82, 2.24) is 14.7 Å². The molecule has 1 aromatic heterocycles. The van der Waals surface area contributed by atoms with Crippen LogP contribution in [-0.4, -0.2) is 46.4 Å². The monoisotopic (exact) mass is 315 g/mol. The maximum Gasteiger partial charge on any atom is 0.244 e. The highest BCUT2D eigenvalue weighted by atomic mass is 16.6. The summed E-state index contributed by atoms with van der Waals surface area (Å²) >= 11 is 0. The zero-order valence-corrected chi connectivity index (χ0v) is 13.2. The number of aromatic nitrogens is 2. The van der Waals surface area contributed by atoms with Crippen LogP contribution in [0.1, 0.15) is 13.3 Å². The molecule has 0 unspecified atom stereocenters. The van der Waals surface area contributed by atoms with Crippen LogP contribution in [0.3, 0.4) is 0 Å². The predicted octanol–water partition coefficient (Wildman–Crippen LogP) is 1.96. The van der Waals surface area contributed by atoms with Gasteiger partial charge in [0.1, 0.15) is 13.2 Å². The number of hydrogen-bond donors (Lipinski definition) is 0. The number of amides is 1. The van der Waals surface area contributed by atoms with E-state index < -0.39 is 0 Å². The molecule has 0 N–H and O–H groups in total. The van der Waals surface area contributed by atoms with Crippen molar-refractivity contribution in [2.24, 2.45) is 0 Å². The van der Waals surface area contributed by atoms with E-state index in [1.54, 1.807) is 17.1 Å². The van der Waals surface area contributed by atoms with Crippen LogP contribution in [-0.2, 0) is 11.3 Å². The number of ether oxygens (including phenoxy) is 2. The van der Waals surface area contributed by atoms with Gasteiger partial charge in [-0.15, -0.1) is 0 Å². The maximum absolute atomic E-state index is 12.5. The third kappa shape index (κ3) is 3.83. The van der Waals surface area contributed by atoms with Gasteiger partial charge in [0.25, 0.3) is 0 Å². The smallest absolute Gasteiger partial charge is 0.244 e. The van der Waals surface area contributed by atoms with E-state index in [0.29, 0.717) is 19.7 Å². The Morgan fingerprint density at radius 1 is 1.35 bits per heavy atom. The molecule has 6 heteroatoms. The summed E-state index contributed by atoms with van der Waals surface area (Å²) in [5, 5.41) is 4.09. The Morgan fingerprint density at radius 3 is 2.91 bits per heavy atom. The van der Waals surface area contributed by atoms with Gasteiger partial charge in [0.05, 0.1) is 6.54 Å². The van der Waals surface area contributed by atoms with E-state index in [1.807, 2.05) is 35.2 Å². The molecule has 0 spiro atoms. The van der Waals surface area contributed by atoms with Gasteiger partial charge < -0.3 is 14.4 Å². The Labute approximate surface area is 135 Å². The molecule has 1 amide bonds. The van der Waals surface area contributed by atoms with Gasteiger partial charge in [-0.25, -0.2) is 0 Å². The van der Waals surface area contributed by atoms with Crippen molar-refractivity contribution in [3.05, 3.63) is 42.7 Å². The molecule has 122 valence electrons. The van der Waals surface area contributed by atoms with Crippen LogP contribution in [0.25, 0.3) is 0 Å². The quantitative estimate of drug-likeness (QED) is 0.818. The second-order valence-electron chi connectivity index (χ2n) is 5.54. The first-order valence-corrected chi connectivity index (χ1v) is 7.90. The maximum atomic E-state index is 12.5. The van der Waals surface area contributed by atoms with Crippen LogP contribution in [0.5, 0.6) is 11.5 Å². The number of benzene rings is 1. The molecule has 1 aliphatic rings. The van der Waals surface area contributed by atoms with E-state index in [2.05, 4.69) is 12.0 Å². The van der Waals surface area contributed by atoms with Gasteiger partial charge >= 0.3 is 0 Å². The van der Waals surface area contributed by atoms with Crippen molar-refractivity contribution < 1.29 is 14.3 Å². The summed E-state index contributed by atoms with van der Waals surface area (Å²) in [5.41, 5.74) is 0. The van der Waals surface area contributed by atoms with E-state index in [1.165, 1.54) is 0 Å². The van der Waals surface area contributed by atoms with Gasteiger partial charge in [0, 0.05) is 18.9 Å². The number of carbonyl (C=O) groups excluding carboxylic acids is 1. The summed E-state index contributed by atoms with van der Waals surface area (Å²) in [7, 11) is 0. The lowest BCUT2D eigenvalue weighted by molar-refractivity contribution is -0.133. The number of nitrogens with zero attached hydrogens (tertiary/aromatic N) is 3. The Balaban J connectivity index is 1.62. The third-order valence-electron chi connectivity index (χ3n) is 3.69. The lowest BCUT2D eigenvalue weighted by Crippen LogP contribution is -2.45. The van der Waals surface area contributed by atoms with Crippen LogP contribution in [0.2, 0.25) is 0 Å². The molecule has 2 heterocycles. The fourth-order valence-electron chi connectivity index (χ4n) is 2.62. The van der Waals surface area contributed by atoms with E-state index in [0.717, 1.165) is 17.9 Å². The SMILES string of the molecule is CCCN(C[C@H]1COc2ccccc2O1)C(=O)Cn1cccn1. The van der Waals surface area contributed by atoms with Gasteiger partial charge in [-0.05, 0) is 24.6 Å². The largest absolute Gasteiger partial charge is 0.486 e. The first-order chi connectivity index (χ1) is 11.3. The summed E-state index contributed by atoms with van der Waals surface area (Å²) in [5.74, 6) is 1.53. The van der Waals surface area contributed by atoms with Crippen LogP contribution >= 0.6 is 0 Å². The fraction of sp³-hybridized carbons (Fsp3) is 0.412. The molecule has 2 aromatic rings. The predicted molar refractivity (Wildman–Crippen MR) is 85.5 cm³/mol.